The Bertz CT molecular complexity index is 1070. The summed E-state index contributed by atoms with van der Waals surface area (Å²) >= 11 is 6.26. The van der Waals surface area contributed by atoms with E-state index in [1.54, 1.807) is 0 Å². The van der Waals surface area contributed by atoms with Crippen LogP contribution < -0.4 is 10.1 Å². The molecule has 1 amide bonds. The van der Waals surface area contributed by atoms with Crippen LogP contribution in [0.4, 0.5) is 0 Å². The number of para-hydroxylation sites is 2. The maximum Gasteiger partial charge on any atom is 0.223 e. The Morgan fingerprint density at radius 1 is 1.09 bits per heavy atom. The highest BCUT2D eigenvalue weighted by Gasteiger charge is 2.14. The Hall–Kier alpha value is -2.53. The first kappa shape index (κ1) is 26.1. The predicted octanol–water partition coefficient (Wildman–Crippen LogP) is 6.65. The van der Waals surface area contributed by atoms with Crippen molar-refractivity contribution in [1.29, 1.82) is 0 Å². The van der Waals surface area contributed by atoms with Crippen LogP contribution in [0.15, 0.2) is 36.4 Å². The number of rotatable bonds is 13. The summed E-state index contributed by atoms with van der Waals surface area (Å²) in [6.45, 7) is 10.4. The van der Waals surface area contributed by atoms with Crippen molar-refractivity contribution in [2.75, 3.05) is 13.2 Å². The number of carbonyl (C=O) groups is 1. The fourth-order valence-electron chi connectivity index (χ4n) is 4.38. The van der Waals surface area contributed by atoms with Gasteiger partial charge in [-0.15, -0.1) is 0 Å². The number of halogens is 1. The molecule has 0 fully saturated rings. The molecule has 1 heterocycles. The van der Waals surface area contributed by atoms with Gasteiger partial charge in [-0.2, -0.15) is 0 Å². The van der Waals surface area contributed by atoms with Crippen LogP contribution in [0.3, 0.4) is 0 Å². The van der Waals surface area contributed by atoms with E-state index in [2.05, 4.69) is 41.9 Å². The Morgan fingerprint density at radius 2 is 1.79 bits per heavy atom. The molecule has 0 saturated heterocycles. The number of nitrogens with zero attached hydrogens (tertiary/aromatic N) is 2. The average Bonchev–Trinajstić information content (AvgIpc) is 3.18. The summed E-state index contributed by atoms with van der Waals surface area (Å²) in [5.41, 5.74) is 4.29. The van der Waals surface area contributed by atoms with Crippen molar-refractivity contribution in [3.63, 3.8) is 0 Å². The lowest BCUT2D eigenvalue weighted by Crippen LogP contribution is -2.31. The zero-order chi connectivity index (χ0) is 24.5. The fraction of sp³-hybridized carbons (Fsp3) is 0.500. The number of carbonyl (C=O) groups excluding carboxylic acids is 1. The Kier molecular flexibility index (Phi) is 9.82. The number of hydrogen-bond acceptors (Lipinski definition) is 3. The summed E-state index contributed by atoms with van der Waals surface area (Å²) in [5.74, 6) is 2.25. The normalized spacial score (nSPS) is 11.4. The molecule has 0 saturated carbocycles. The molecule has 5 nitrogen and oxygen atoms in total. The molecule has 0 bridgehead atoms. The zero-order valence-corrected chi connectivity index (χ0v) is 21.8. The lowest BCUT2D eigenvalue weighted by atomic mass is 10.0. The molecule has 0 aliphatic rings. The quantitative estimate of drug-likeness (QED) is 0.277. The number of ether oxygens (including phenoxy) is 1. The van der Waals surface area contributed by atoms with Crippen molar-refractivity contribution in [2.45, 2.75) is 72.8 Å². The third-order valence-electron chi connectivity index (χ3n) is 6.42. The van der Waals surface area contributed by atoms with Gasteiger partial charge in [0.05, 0.1) is 17.6 Å². The van der Waals surface area contributed by atoms with Crippen LogP contribution in [-0.4, -0.2) is 28.6 Å². The highest BCUT2D eigenvalue weighted by Crippen LogP contribution is 2.26. The van der Waals surface area contributed by atoms with Gasteiger partial charge in [0.1, 0.15) is 11.6 Å². The number of aryl methyl sites for hydroxylation is 4. The molecule has 1 aromatic heterocycles. The van der Waals surface area contributed by atoms with Gasteiger partial charge in [-0.3, -0.25) is 4.79 Å². The molecule has 0 aliphatic carbocycles. The summed E-state index contributed by atoms with van der Waals surface area (Å²) in [6, 6.07) is 12.3. The van der Waals surface area contributed by atoms with Crippen LogP contribution in [0.5, 0.6) is 5.75 Å². The SMILES string of the molecule is CCC(CC)C(=O)NCCCc1nc2ccccc2n1CCCCOc1cc(C)c(Cl)c(C)c1. The van der Waals surface area contributed by atoms with Crippen LogP contribution in [0, 0.1) is 19.8 Å². The fourth-order valence-corrected chi connectivity index (χ4v) is 4.49. The molecule has 0 atom stereocenters. The van der Waals surface area contributed by atoms with E-state index in [-0.39, 0.29) is 11.8 Å². The van der Waals surface area contributed by atoms with Gasteiger partial charge in [0.25, 0.3) is 0 Å². The average molecular weight is 484 g/mol. The Balaban J connectivity index is 1.53. The maximum atomic E-state index is 12.2. The monoisotopic (exact) mass is 483 g/mol. The molecular formula is C28H38ClN3O2. The first-order valence-corrected chi connectivity index (χ1v) is 12.9. The summed E-state index contributed by atoms with van der Waals surface area (Å²) in [7, 11) is 0. The van der Waals surface area contributed by atoms with Crippen molar-refractivity contribution >= 4 is 28.5 Å². The third-order valence-corrected chi connectivity index (χ3v) is 7.02. The minimum atomic E-state index is 0.118. The molecule has 0 aliphatic heterocycles. The van der Waals surface area contributed by atoms with Crippen molar-refractivity contribution in [3.05, 3.63) is 58.4 Å². The summed E-state index contributed by atoms with van der Waals surface area (Å²) in [4.78, 5) is 17.1. The van der Waals surface area contributed by atoms with Crippen LogP contribution in [-0.2, 0) is 17.8 Å². The van der Waals surface area contributed by atoms with Gasteiger partial charge in [0.15, 0.2) is 0 Å². The summed E-state index contributed by atoms with van der Waals surface area (Å²) < 4.78 is 8.30. The van der Waals surface area contributed by atoms with Crippen LogP contribution in [0.25, 0.3) is 11.0 Å². The van der Waals surface area contributed by atoms with Gasteiger partial charge in [-0.25, -0.2) is 4.98 Å². The first-order chi connectivity index (χ1) is 16.4. The van der Waals surface area contributed by atoms with Gasteiger partial charge in [-0.1, -0.05) is 37.6 Å². The number of unbranched alkanes of at least 4 members (excludes halogenated alkanes) is 1. The Morgan fingerprint density at radius 3 is 2.50 bits per heavy atom. The van der Waals surface area contributed by atoms with E-state index in [1.165, 1.54) is 5.52 Å². The lowest BCUT2D eigenvalue weighted by molar-refractivity contribution is -0.125. The first-order valence-electron chi connectivity index (χ1n) is 12.6. The molecule has 2 aromatic carbocycles. The molecule has 34 heavy (non-hydrogen) atoms. The largest absolute Gasteiger partial charge is 0.494 e. The van der Waals surface area contributed by atoms with E-state index in [0.29, 0.717) is 13.2 Å². The molecule has 0 unspecified atom stereocenters. The molecule has 0 spiro atoms. The summed E-state index contributed by atoms with van der Waals surface area (Å²) in [6.07, 6.45) is 5.46. The Labute approximate surface area is 208 Å². The van der Waals surface area contributed by atoms with Crippen LogP contribution in [0.1, 0.15) is 62.9 Å². The van der Waals surface area contributed by atoms with Gasteiger partial charge in [0.2, 0.25) is 5.91 Å². The van der Waals surface area contributed by atoms with E-state index in [0.717, 1.165) is 78.3 Å². The van der Waals surface area contributed by atoms with E-state index in [1.807, 2.05) is 32.0 Å². The molecule has 184 valence electrons. The molecule has 6 heteroatoms. The highest BCUT2D eigenvalue weighted by atomic mass is 35.5. The zero-order valence-electron chi connectivity index (χ0n) is 21.0. The van der Waals surface area contributed by atoms with Gasteiger partial charge >= 0.3 is 0 Å². The molecule has 3 aromatic rings. The number of aromatic nitrogens is 2. The maximum absolute atomic E-state index is 12.2. The van der Waals surface area contributed by atoms with Crippen molar-refractivity contribution in [2.24, 2.45) is 5.92 Å². The van der Waals surface area contributed by atoms with Gasteiger partial charge in [-0.05, 0) is 81.3 Å². The topological polar surface area (TPSA) is 56.2 Å². The molecular weight excluding hydrogens is 446 g/mol. The van der Waals surface area contributed by atoms with E-state index in [4.69, 9.17) is 21.3 Å². The second-order valence-corrected chi connectivity index (χ2v) is 9.38. The van der Waals surface area contributed by atoms with Gasteiger partial charge in [0, 0.05) is 30.5 Å². The van der Waals surface area contributed by atoms with Crippen molar-refractivity contribution in [1.82, 2.24) is 14.9 Å². The van der Waals surface area contributed by atoms with E-state index >= 15 is 0 Å². The predicted molar refractivity (Wildman–Crippen MR) is 141 cm³/mol. The number of amides is 1. The number of benzene rings is 2. The number of fused-ring (bicyclic) bond motifs is 1. The molecule has 1 N–H and O–H groups in total. The lowest BCUT2D eigenvalue weighted by Gasteiger charge is -2.13. The van der Waals surface area contributed by atoms with Gasteiger partial charge < -0.3 is 14.6 Å². The number of imidazole rings is 1. The van der Waals surface area contributed by atoms with E-state index < -0.39 is 0 Å². The second-order valence-electron chi connectivity index (χ2n) is 9.00. The second kappa shape index (κ2) is 12.8. The number of hydrogen-bond donors (Lipinski definition) is 1. The number of nitrogens with one attached hydrogen (secondary N) is 1. The highest BCUT2D eigenvalue weighted by molar-refractivity contribution is 6.32. The van der Waals surface area contributed by atoms with Crippen molar-refractivity contribution in [3.8, 4) is 5.75 Å². The van der Waals surface area contributed by atoms with E-state index in [9.17, 15) is 4.79 Å². The van der Waals surface area contributed by atoms with Crippen LogP contribution in [0.2, 0.25) is 5.02 Å². The van der Waals surface area contributed by atoms with Crippen molar-refractivity contribution < 1.29 is 9.53 Å². The smallest absolute Gasteiger partial charge is 0.223 e. The van der Waals surface area contributed by atoms with Crippen LogP contribution >= 0.6 is 11.6 Å². The third kappa shape index (κ3) is 6.75. The summed E-state index contributed by atoms with van der Waals surface area (Å²) in [5, 5.41) is 3.90. The minimum absolute atomic E-state index is 0.118. The molecule has 0 radical (unpaired) electrons. The minimum Gasteiger partial charge on any atom is -0.494 e. The molecule has 3 rings (SSSR count). The standard InChI is InChI=1S/C28H38ClN3O2/c1-5-22(6-2)28(33)30-15-11-14-26-31-24-12-7-8-13-25(24)32(26)16-9-10-17-34-23-18-20(3)27(29)21(4)19-23/h7-8,12-13,18-19,22H,5-6,9-11,14-17H2,1-4H3,(H,30,33).